The molecule has 2 fully saturated rings. The van der Waals surface area contributed by atoms with Crippen molar-refractivity contribution >= 4 is 50.0 Å². The highest BCUT2D eigenvalue weighted by Gasteiger charge is 2.28. The summed E-state index contributed by atoms with van der Waals surface area (Å²) in [7, 11) is 2.05. The Morgan fingerprint density at radius 3 is 2.55 bits per heavy atom. The number of nitrogens with zero attached hydrogens (tertiary/aromatic N) is 4. The van der Waals surface area contributed by atoms with Gasteiger partial charge in [0.2, 0.25) is 0 Å². The number of esters is 1. The zero-order valence-electron chi connectivity index (χ0n) is 25.5. The van der Waals surface area contributed by atoms with Gasteiger partial charge in [0.05, 0.1) is 34.5 Å². The molecule has 2 aliphatic heterocycles. The lowest BCUT2D eigenvalue weighted by Gasteiger charge is -2.37. The second-order valence-electron chi connectivity index (χ2n) is 12.2. The van der Waals surface area contributed by atoms with E-state index in [2.05, 4.69) is 41.4 Å². The van der Waals surface area contributed by atoms with Gasteiger partial charge < -0.3 is 15.0 Å². The van der Waals surface area contributed by atoms with Gasteiger partial charge in [-0.2, -0.15) is 5.10 Å². The number of hydrogen-bond acceptors (Lipinski definition) is 7. The number of hydrogen-bond donors (Lipinski definition) is 1. The Labute approximate surface area is 267 Å². The van der Waals surface area contributed by atoms with Gasteiger partial charge in [-0.15, -0.1) is 11.3 Å². The molecule has 2 aromatic heterocycles. The molecule has 0 spiro atoms. The van der Waals surface area contributed by atoms with Crippen molar-refractivity contribution in [2.45, 2.75) is 51.5 Å². The van der Waals surface area contributed by atoms with Crippen LogP contribution in [-0.2, 0) is 23.0 Å². The maximum Gasteiger partial charge on any atom is 0.310 e. The number of likely N-dealkylation sites (tertiary alicyclic amines) is 1. The number of fused-ring (bicyclic) bond motifs is 2. The summed E-state index contributed by atoms with van der Waals surface area (Å²) in [5.41, 5.74) is 8.42. The molecule has 1 N–H and O–H groups in total. The van der Waals surface area contributed by atoms with Crippen LogP contribution in [0.4, 0.5) is 0 Å². The van der Waals surface area contributed by atoms with Crippen molar-refractivity contribution in [3.8, 4) is 21.7 Å². The average molecular weight is 628 g/mol. The van der Waals surface area contributed by atoms with Crippen LogP contribution in [0.3, 0.4) is 0 Å². The highest BCUT2D eigenvalue weighted by molar-refractivity contribution is 7.22. The number of carbonyl (C=O) groups is 1. The average Bonchev–Trinajstić information content (AvgIpc) is 3.57. The predicted octanol–water partition coefficient (Wildman–Crippen LogP) is 7.13. The molecule has 0 saturated carbocycles. The van der Waals surface area contributed by atoms with Crippen molar-refractivity contribution in [2.24, 2.45) is 7.05 Å². The highest BCUT2D eigenvalue weighted by atomic mass is 35.5. The molecule has 0 unspecified atom stereocenters. The van der Waals surface area contributed by atoms with E-state index in [-0.39, 0.29) is 12.4 Å². The number of aryl methyl sites for hydroxylation is 2. The van der Waals surface area contributed by atoms with E-state index in [4.69, 9.17) is 26.4 Å². The van der Waals surface area contributed by atoms with E-state index in [0.29, 0.717) is 23.6 Å². The third kappa shape index (κ3) is 5.65. The van der Waals surface area contributed by atoms with Gasteiger partial charge in [-0.05, 0) is 106 Å². The van der Waals surface area contributed by atoms with Crippen LogP contribution in [0.15, 0.2) is 48.5 Å². The lowest BCUT2D eigenvalue weighted by atomic mass is 9.90. The molecule has 7 nitrogen and oxygen atoms in total. The summed E-state index contributed by atoms with van der Waals surface area (Å²) < 4.78 is 8.44. The van der Waals surface area contributed by atoms with Crippen LogP contribution in [0.25, 0.3) is 42.8 Å². The summed E-state index contributed by atoms with van der Waals surface area (Å²) in [6.07, 6.45) is 3.78. The predicted molar refractivity (Wildman–Crippen MR) is 180 cm³/mol. The molecule has 0 amide bonds. The van der Waals surface area contributed by atoms with Crippen molar-refractivity contribution in [1.29, 1.82) is 0 Å². The lowest BCUT2D eigenvalue weighted by Crippen LogP contribution is -2.51. The first-order valence-corrected chi connectivity index (χ1v) is 16.8. The summed E-state index contributed by atoms with van der Waals surface area (Å²) >= 11 is 7.93. The molecule has 1 atom stereocenters. The number of carbonyl (C=O) groups excluding carboxylic acids is 1. The SMILES string of the molecule is CCOC(=O)Cc1c(C)cc2nc(-c3ccc4c(c3)c(C3CCN(C[C@H]5CCN5)CC3)nn4C)sc2c1-c1ccc(Cl)cc1. The van der Waals surface area contributed by atoms with E-state index in [0.717, 1.165) is 87.6 Å². The Hall–Kier alpha value is -3.30. The summed E-state index contributed by atoms with van der Waals surface area (Å²) in [4.78, 5) is 20.4. The van der Waals surface area contributed by atoms with Gasteiger partial charge >= 0.3 is 5.97 Å². The minimum absolute atomic E-state index is 0.210. The first kappa shape index (κ1) is 29.4. The topological polar surface area (TPSA) is 72.3 Å². The van der Waals surface area contributed by atoms with Crippen LogP contribution < -0.4 is 5.32 Å². The zero-order valence-corrected chi connectivity index (χ0v) is 27.1. The monoisotopic (exact) mass is 627 g/mol. The van der Waals surface area contributed by atoms with Crippen LogP contribution in [0.5, 0.6) is 0 Å². The van der Waals surface area contributed by atoms with Crippen LogP contribution in [0, 0.1) is 6.92 Å². The van der Waals surface area contributed by atoms with E-state index < -0.39 is 0 Å². The smallest absolute Gasteiger partial charge is 0.310 e. The van der Waals surface area contributed by atoms with Crippen LogP contribution in [-0.4, -0.2) is 64.5 Å². The molecule has 0 aliphatic carbocycles. The van der Waals surface area contributed by atoms with Crippen molar-refractivity contribution in [3.05, 3.63) is 70.4 Å². The third-order valence-corrected chi connectivity index (χ3v) is 10.7. The van der Waals surface area contributed by atoms with E-state index >= 15 is 0 Å². The Bertz CT molecular complexity index is 1830. The molecule has 2 saturated heterocycles. The summed E-state index contributed by atoms with van der Waals surface area (Å²) in [5, 5.41) is 11.4. The molecule has 0 bridgehead atoms. The van der Waals surface area contributed by atoms with Crippen molar-refractivity contribution in [1.82, 2.24) is 25.0 Å². The van der Waals surface area contributed by atoms with E-state index in [9.17, 15) is 4.79 Å². The molecule has 7 rings (SSSR count). The standard InChI is InChI=1S/C35H38ClN5O2S/c1-4-43-31(42)19-27-21(2)17-29-34(32(27)22-5-8-25(36)9-6-22)44-35(38-29)24-7-10-30-28(18-24)33(39-40(30)3)23-12-15-41(16-13-23)20-26-11-14-37-26/h5-10,17-18,23,26,37H,4,11-16,19-20H2,1-3H3/t26-/m1/s1. The Morgan fingerprint density at radius 1 is 1.09 bits per heavy atom. The molecule has 2 aliphatic rings. The second kappa shape index (κ2) is 12.2. The van der Waals surface area contributed by atoms with Gasteiger partial charge in [0, 0.05) is 47.1 Å². The van der Waals surface area contributed by atoms with E-state index in [1.165, 1.54) is 17.5 Å². The Morgan fingerprint density at radius 2 is 1.84 bits per heavy atom. The largest absolute Gasteiger partial charge is 0.466 e. The number of piperidine rings is 1. The number of ether oxygens (including phenoxy) is 1. The van der Waals surface area contributed by atoms with E-state index in [1.54, 1.807) is 11.3 Å². The Kier molecular flexibility index (Phi) is 8.18. The number of aromatic nitrogens is 3. The van der Waals surface area contributed by atoms with Gasteiger partial charge in [-0.25, -0.2) is 4.98 Å². The third-order valence-electron chi connectivity index (χ3n) is 9.28. The van der Waals surface area contributed by atoms with Gasteiger partial charge in [-0.1, -0.05) is 23.7 Å². The summed E-state index contributed by atoms with van der Waals surface area (Å²) in [5.74, 6) is 0.231. The molecule has 5 aromatic rings. The van der Waals surface area contributed by atoms with Gasteiger partial charge in [0.25, 0.3) is 0 Å². The first-order valence-electron chi connectivity index (χ1n) is 15.6. The lowest BCUT2D eigenvalue weighted by molar-refractivity contribution is -0.142. The van der Waals surface area contributed by atoms with Crippen LogP contribution in [0.2, 0.25) is 5.02 Å². The van der Waals surface area contributed by atoms with Crippen molar-refractivity contribution < 1.29 is 9.53 Å². The van der Waals surface area contributed by atoms with Crippen LogP contribution in [0.1, 0.15) is 48.9 Å². The quantitative estimate of drug-likeness (QED) is 0.185. The summed E-state index contributed by atoms with van der Waals surface area (Å²) in [6.45, 7) is 8.82. The normalized spacial score (nSPS) is 17.8. The first-order chi connectivity index (χ1) is 21.4. The molecule has 9 heteroatoms. The molecule has 44 heavy (non-hydrogen) atoms. The number of thiazole rings is 1. The molecular formula is C35H38ClN5O2S. The van der Waals surface area contributed by atoms with Crippen molar-refractivity contribution in [2.75, 3.05) is 32.8 Å². The number of nitrogens with one attached hydrogen (secondary N) is 1. The van der Waals surface area contributed by atoms with Gasteiger partial charge in [0.15, 0.2) is 0 Å². The van der Waals surface area contributed by atoms with E-state index in [1.807, 2.05) is 42.9 Å². The molecule has 3 aromatic carbocycles. The minimum atomic E-state index is -0.227. The maximum absolute atomic E-state index is 12.7. The minimum Gasteiger partial charge on any atom is -0.466 e. The number of halogens is 1. The zero-order chi connectivity index (χ0) is 30.4. The van der Waals surface area contributed by atoms with Gasteiger partial charge in [0.1, 0.15) is 5.01 Å². The van der Waals surface area contributed by atoms with Gasteiger partial charge in [-0.3, -0.25) is 9.48 Å². The maximum atomic E-state index is 12.7. The number of rotatable bonds is 8. The fourth-order valence-electron chi connectivity index (χ4n) is 6.80. The Balaban J connectivity index is 1.26. The van der Waals surface area contributed by atoms with Crippen LogP contribution >= 0.6 is 22.9 Å². The van der Waals surface area contributed by atoms with Crippen molar-refractivity contribution in [3.63, 3.8) is 0 Å². The fraction of sp³-hybridized carbons (Fsp3) is 0.400. The second-order valence-corrected chi connectivity index (χ2v) is 13.6. The highest BCUT2D eigenvalue weighted by Crippen LogP contribution is 2.42. The molecular weight excluding hydrogens is 590 g/mol. The fourth-order valence-corrected chi connectivity index (χ4v) is 8.06. The number of benzene rings is 3. The summed E-state index contributed by atoms with van der Waals surface area (Å²) in [6, 6.07) is 17.2. The molecule has 0 radical (unpaired) electrons. The molecule has 228 valence electrons. The molecule has 4 heterocycles.